The smallest absolute Gasteiger partial charge is 0.423 e. The van der Waals surface area contributed by atoms with Gasteiger partial charge in [0.15, 0.2) is 0 Å². The zero-order valence-electron chi connectivity index (χ0n) is 32.8. The number of hydrogen-bond donors (Lipinski definition) is 7. The number of likely N-dealkylation sites (tertiary alicyclic amines) is 1. The van der Waals surface area contributed by atoms with Crippen molar-refractivity contribution in [3.8, 4) is 0 Å². The molecule has 0 saturated carbocycles. The summed E-state index contributed by atoms with van der Waals surface area (Å²) in [6.07, 6.45) is 5.21. The molecule has 0 bridgehead atoms. The van der Waals surface area contributed by atoms with Crippen molar-refractivity contribution in [3.63, 3.8) is 0 Å². The van der Waals surface area contributed by atoms with Crippen molar-refractivity contribution < 1.29 is 34.0 Å². The molecule has 304 valence electrons. The van der Waals surface area contributed by atoms with Gasteiger partial charge in [-0.1, -0.05) is 80.6 Å². The average Bonchev–Trinajstić information content (AvgIpc) is 3.19. The van der Waals surface area contributed by atoms with E-state index in [9.17, 15) is 34.0 Å². The molecule has 0 radical (unpaired) electrons. The number of nitrogens with two attached hydrogens (primary N) is 2. The Kier molecular flexibility index (Phi) is 17.1. The lowest BCUT2D eigenvalue weighted by Gasteiger charge is -2.42. The van der Waals surface area contributed by atoms with Crippen molar-refractivity contribution in [2.45, 2.75) is 102 Å². The normalized spacial score (nSPS) is 16.9. The summed E-state index contributed by atoms with van der Waals surface area (Å²) in [7, 11) is -1.55. The second-order valence-corrected chi connectivity index (χ2v) is 15.5. The molecule has 15 heteroatoms. The number of rotatable bonds is 19. The predicted octanol–water partition coefficient (Wildman–Crippen LogP) is 0.982. The summed E-state index contributed by atoms with van der Waals surface area (Å²) in [5.74, 6) is -1.81. The number of benzene rings is 2. The predicted molar refractivity (Wildman–Crippen MR) is 215 cm³/mol. The van der Waals surface area contributed by atoms with Crippen molar-refractivity contribution in [3.05, 3.63) is 83.3 Å². The molecule has 2 aliphatic heterocycles. The first-order valence-electron chi connectivity index (χ1n) is 19.9. The minimum Gasteiger partial charge on any atom is -0.423 e. The molecule has 2 aromatic carbocycles. The summed E-state index contributed by atoms with van der Waals surface area (Å²) < 4.78 is 0. The van der Waals surface area contributed by atoms with Crippen LogP contribution in [-0.4, -0.2) is 113 Å². The van der Waals surface area contributed by atoms with Gasteiger partial charge in [-0.3, -0.25) is 24.0 Å². The number of carbonyl (C=O) groups excluding carboxylic acids is 5. The van der Waals surface area contributed by atoms with Crippen molar-refractivity contribution in [1.29, 1.82) is 0 Å². The number of amides is 5. The number of hydrogen-bond acceptors (Lipinski definition) is 9. The Hall–Kier alpha value is -4.57. The number of piperidine rings is 1. The quantitative estimate of drug-likeness (QED) is 0.0798. The number of nitrogens with one attached hydrogen (secondary N) is 3. The average molecular weight is 774 g/mol. The van der Waals surface area contributed by atoms with Crippen LogP contribution in [0.15, 0.2) is 72.2 Å². The van der Waals surface area contributed by atoms with Gasteiger partial charge >= 0.3 is 7.12 Å². The van der Waals surface area contributed by atoms with Gasteiger partial charge in [0, 0.05) is 39.0 Å². The molecule has 9 N–H and O–H groups in total. The minimum atomic E-state index is -1.55. The SMILES string of the molecule is CC(C)C[C@@H](NC(=O)[C@@H](Cc1ccccc1)NC(=O)CCc1ccccc1)C(=O)N[C@H](CCCCN)C(=O)N1CCC(N)(C(=O)N2CC=C(B(O)O)CC2)CC1. The van der Waals surface area contributed by atoms with E-state index in [-0.39, 0.29) is 69.0 Å². The van der Waals surface area contributed by atoms with Crippen LogP contribution in [0.25, 0.3) is 0 Å². The number of carbonyl (C=O) groups is 5. The van der Waals surface area contributed by atoms with Crippen molar-refractivity contribution in [2.24, 2.45) is 17.4 Å². The molecule has 0 unspecified atom stereocenters. The van der Waals surface area contributed by atoms with E-state index in [2.05, 4.69) is 16.0 Å². The van der Waals surface area contributed by atoms with Crippen LogP contribution in [0.2, 0.25) is 0 Å². The van der Waals surface area contributed by atoms with Crippen LogP contribution in [0.1, 0.15) is 76.3 Å². The second kappa shape index (κ2) is 21.7. The van der Waals surface area contributed by atoms with Crippen LogP contribution >= 0.6 is 0 Å². The standard InChI is InChI=1S/C41H60BN7O7/c1-29(2)27-34(47-38(52)35(28-31-13-7-4-8-14-31)45-36(50)17-16-30-11-5-3-6-12-30)37(51)46-33(15-9-10-22-43)39(53)48-25-20-41(44,21-26-48)40(54)49-23-18-32(19-24-49)42(55)56/h3-8,11-14,18,29,33-35,55-56H,9-10,15-17,19-28,43-44H2,1-2H3,(H,45,50)(H,46,51)(H,47,52)/t33-,34-,35-/m1/s1. The fraction of sp³-hybridized carbons (Fsp3) is 0.537. The molecule has 2 aliphatic rings. The summed E-state index contributed by atoms with van der Waals surface area (Å²) in [4.78, 5) is 71.8. The van der Waals surface area contributed by atoms with Gasteiger partial charge in [-0.05, 0) is 80.4 Å². The van der Waals surface area contributed by atoms with Crippen LogP contribution in [-0.2, 0) is 36.8 Å². The van der Waals surface area contributed by atoms with E-state index >= 15 is 0 Å². The van der Waals surface area contributed by atoms with Gasteiger partial charge in [-0.15, -0.1) is 0 Å². The molecule has 1 fully saturated rings. The van der Waals surface area contributed by atoms with Gasteiger partial charge in [0.25, 0.3) is 0 Å². The summed E-state index contributed by atoms with van der Waals surface area (Å²) >= 11 is 0. The molecule has 56 heavy (non-hydrogen) atoms. The van der Waals surface area contributed by atoms with Crippen LogP contribution in [0, 0.1) is 5.92 Å². The zero-order chi connectivity index (χ0) is 40.7. The van der Waals surface area contributed by atoms with Crippen molar-refractivity contribution in [1.82, 2.24) is 25.8 Å². The van der Waals surface area contributed by atoms with E-state index in [1.165, 1.54) is 0 Å². The molecule has 5 amide bonds. The maximum atomic E-state index is 14.0. The number of unbranched alkanes of at least 4 members (excludes halogenated alkanes) is 1. The van der Waals surface area contributed by atoms with E-state index in [1.54, 1.807) is 15.9 Å². The molecule has 2 heterocycles. The Morgan fingerprint density at radius 1 is 0.804 bits per heavy atom. The van der Waals surface area contributed by atoms with Gasteiger partial charge in [0.1, 0.15) is 18.1 Å². The Balaban J connectivity index is 1.43. The highest BCUT2D eigenvalue weighted by Gasteiger charge is 2.43. The monoisotopic (exact) mass is 773 g/mol. The van der Waals surface area contributed by atoms with E-state index in [0.29, 0.717) is 57.1 Å². The third-order valence-electron chi connectivity index (χ3n) is 10.6. The van der Waals surface area contributed by atoms with Crippen molar-refractivity contribution in [2.75, 3.05) is 32.7 Å². The number of aryl methyl sites for hydroxylation is 1. The van der Waals surface area contributed by atoms with Gasteiger partial charge < -0.3 is 47.3 Å². The van der Waals surface area contributed by atoms with E-state index < -0.39 is 42.6 Å². The zero-order valence-corrected chi connectivity index (χ0v) is 32.8. The molecule has 0 aliphatic carbocycles. The van der Waals surface area contributed by atoms with Gasteiger partial charge in [-0.25, -0.2) is 0 Å². The Morgan fingerprint density at radius 3 is 1.98 bits per heavy atom. The van der Waals surface area contributed by atoms with E-state index in [4.69, 9.17) is 11.5 Å². The Bertz CT molecular complexity index is 1640. The molecule has 0 aromatic heterocycles. The molecule has 4 rings (SSSR count). The van der Waals surface area contributed by atoms with Gasteiger partial charge in [0.2, 0.25) is 29.5 Å². The van der Waals surface area contributed by atoms with Gasteiger partial charge in [0.05, 0.1) is 5.54 Å². The second-order valence-electron chi connectivity index (χ2n) is 15.5. The highest BCUT2D eigenvalue weighted by Crippen LogP contribution is 2.25. The Labute approximate surface area is 331 Å². The first kappa shape index (κ1) is 44.2. The van der Waals surface area contributed by atoms with Crippen LogP contribution in [0.4, 0.5) is 0 Å². The topological polar surface area (TPSA) is 220 Å². The van der Waals surface area contributed by atoms with E-state index in [1.807, 2.05) is 74.5 Å². The summed E-state index contributed by atoms with van der Waals surface area (Å²) in [5, 5.41) is 27.7. The summed E-state index contributed by atoms with van der Waals surface area (Å²) in [6.45, 7) is 5.27. The maximum absolute atomic E-state index is 14.0. The first-order valence-corrected chi connectivity index (χ1v) is 19.9. The maximum Gasteiger partial charge on any atom is 0.483 e. The van der Waals surface area contributed by atoms with E-state index in [0.717, 1.165) is 11.1 Å². The summed E-state index contributed by atoms with van der Waals surface area (Å²) in [6, 6.07) is 16.2. The Morgan fingerprint density at radius 2 is 1.41 bits per heavy atom. The van der Waals surface area contributed by atoms with Crippen LogP contribution in [0.5, 0.6) is 0 Å². The lowest BCUT2D eigenvalue weighted by Crippen LogP contribution is -2.63. The first-order chi connectivity index (χ1) is 26.8. The van der Waals surface area contributed by atoms with Crippen LogP contribution in [0.3, 0.4) is 0 Å². The molecular weight excluding hydrogens is 713 g/mol. The number of nitrogens with zero attached hydrogens (tertiary/aromatic N) is 2. The molecule has 1 saturated heterocycles. The molecule has 0 spiro atoms. The third kappa shape index (κ3) is 13.3. The third-order valence-corrected chi connectivity index (χ3v) is 10.6. The molecule has 2 aromatic rings. The fourth-order valence-electron chi connectivity index (χ4n) is 7.20. The van der Waals surface area contributed by atoms with Gasteiger partial charge in [-0.2, -0.15) is 0 Å². The summed E-state index contributed by atoms with van der Waals surface area (Å²) in [5.41, 5.74) is 13.5. The minimum absolute atomic E-state index is 0.0125. The molecule has 3 atom stereocenters. The lowest BCUT2D eigenvalue weighted by atomic mass is 9.75. The lowest BCUT2D eigenvalue weighted by molar-refractivity contribution is -0.144. The highest BCUT2D eigenvalue weighted by atomic mass is 16.4. The molecule has 14 nitrogen and oxygen atoms in total. The van der Waals surface area contributed by atoms with Crippen molar-refractivity contribution >= 4 is 36.7 Å². The fourth-order valence-corrected chi connectivity index (χ4v) is 7.20. The molecular formula is C41H60BN7O7. The van der Waals surface area contributed by atoms with Crippen LogP contribution < -0.4 is 27.4 Å². The highest BCUT2D eigenvalue weighted by molar-refractivity contribution is 6.50. The largest absolute Gasteiger partial charge is 0.483 e.